The third kappa shape index (κ3) is 3.07. The SMILES string of the molecule is Cc1ccc(F)cc1S(=O)(=O)N1CCN(c2cc3c(nn2)CCC3)CC1. The van der Waals surface area contributed by atoms with Gasteiger partial charge in [-0.2, -0.15) is 9.40 Å². The Morgan fingerprint density at radius 2 is 1.81 bits per heavy atom. The summed E-state index contributed by atoms with van der Waals surface area (Å²) in [4.78, 5) is 2.11. The molecule has 2 aliphatic rings. The van der Waals surface area contributed by atoms with Crippen LogP contribution in [0.25, 0.3) is 0 Å². The molecule has 1 saturated heterocycles. The van der Waals surface area contributed by atoms with E-state index in [2.05, 4.69) is 21.2 Å². The van der Waals surface area contributed by atoms with Gasteiger partial charge in [-0.05, 0) is 55.5 Å². The Labute approximate surface area is 152 Å². The van der Waals surface area contributed by atoms with Crippen molar-refractivity contribution in [1.29, 1.82) is 0 Å². The Bertz CT molecular complexity index is 940. The summed E-state index contributed by atoms with van der Waals surface area (Å²) in [6.45, 7) is 3.46. The summed E-state index contributed by atoms with van der Waals surface area (Å²) in [6, 6.07) is 5.95. The minimum Gasteiger partial charge on any atom is -0.352 e. The summed E-state index contributed by atoms with van der Waals surface area (Å²) in [5.74, 6) is 0.269. The lowest BCUT2D eigenvalue weighted by Gasteiger charge is -2.34. The van der Waals surface area contributed by atoms with Crippen molar-refractivity contribution in [3.8, 4) is 0 Å². The first-order valence-corrected chi connectivity index (χ1v) is 10.3. The fourth-order valence-electron chi connectivity index (χ4n) is 3.62. The van der Waals surface area contributed by atoms with Crippen molar-refractivity contribution < 1.29 is 12.8 Å². The number of anilines is 1. The van der Waals surface area contributed by atoms with Crippen LogP contribution in [0.3, 0.4) is 0 Å². The molecule has 0 N–H and O–H groups in total. The Morgan fingerprint density at radius 3 is 2.58 bits per heavy atom. The van der Waals surface area contributed by atoms with E-state index >= 15 is 0 Å². The molecule has 0 amide bonds. The zero-order valence-electron chi connectivity index (χ0n) is 14.7. The predicted octanol–water partition coefficient (Wildman–Crippen LogP) is 1.92. The van der Waals surface area contributed by atoms with Crippen LogP contribution in [0.5, 0.6) is 0 Å². The average Bonchev–Trinajstić information content (AvgIpc) is 3.11. The van der Waals surface area contributed by atoms with Crippen LogP contribution in [-0.4, -0.2) is 49.1 Å². The van der Waals surface area contributed by atoms with Gasteiger partial charge in [0.2, 0.25) is 10.0 Å². The lowest BCUT2D eigenvalue weighted by Crippen LogP contribution is -2.49. The third-order valence-electron chi connectivity index (χ3n) is 5.14. The second kappa shape index (κ2) is 6.59. The summed E-state index contributed by atoms with van der Waals surface area (Å²) < 4.78 is 40.7. The normalized spacial score (nSPS) is 18.2. The van der Waals surface area contributed by atoms with Crippen LogP contribution in [0, 0.1) is 12.7 Å². The Balaban J connectivity index is 1.50. The highest BCUT2D eigenvalue weighted by Gasteiger charge is 2.30. The van der Waals surface area contributed by atoms with Crippen LogP contribution in [0.2, 0.25) is 0 Å². The molecule has 8 heteroatoms. The van der Waals surface area contributed by atoms with E-state index in [1.54, 1.807) is 6.92 Å². The van der Waals surface area contributed by atoms with Crippen molar-refractivity contribution in [2.24, 2.45) is 0 Å². The smallest absolute Gasteiger partial charge is 0.243 e. The number of halogens is 1. The fraction of sp³-hybridized carbons (Fsp3) is 0.444. The zero-order valence-corrected chi connectivity index (χ0v) is 15.5. The van der Waals surface area contributed by atoms with Crippen LogP contribution in [0.15, 0.2) is 29.2 Å². The minimum atomic E-state index is -3.70. The van der Waals surface area contributed by atoms with Crippen LogP contribution in [-0.2, 0) is 22.9 Å². The van der Waals surface area contributed by atoms with Crippen molar-refractivity contribution in [2.45, 2.75) is 31.1 Å². The predicted molar refractivity (Wildman–Crippen MR) is 96.2 cm³/mol. The van der Waals surface area contributed by atoms with Gasteiger partial charge >= 0.3 is 0 Å². The van der Waals surface area contributed by atoms with Gasteiger partial charge < -0.3 is 4.90 Å². The second-order valence-corrected chi connectivity index (χ2v) is 8.74. The molecule has 0 radical (unpaired) electrons. The lowest BCUT2D eigenvalue weighted by molar-refractivity contribution is 0.383. The van der Waals surface area contributed by atoms with E-state index in [4.69, 9.17) is 0 Å². The number of rotatable bonds is 3. The summed E-state index contributed by atoms with van der Waals surface area (Å²) in [5, 5.41) is 8.61. The van der Waals surface area contributed by atoms with Gasteiger partial charge in [0.05, 0.1) is 10.6 Å². The lowest BCUT2D eigenvalue weighted by atomic mass is 10.2. The standard InChI is InChI=1S/C18H21FN4O2S/c1-13-5-6-15(19)12-17(13)26(24,25)23-9-7-22(8-10-23)18-11-14-3-2-4-16(14)20-21-18/h5-6,11-12H,2-4,7-10H2,1H3. The van der Waals surface area contributed by atoms with Crippen LogP contribution >= 0.6 is 0 Å². The van der Waals surface area contributed by atoms with E-state index in [9.17, 15) is 12.8 Å². The fourth-order valence-corrected chi connectivity index (χ4v) is 5.28. The van der Waals surface area contributed by atoms with Crippen molar-refractivity contribution in [1.82, 2.24) is 14.5 Å². The van der Waals surface area contributed by atoms with Crippen LogP contribution in [0.1, 0.15) is 23.2 Å². The maximum absolute atomic E-state index is 13.5. The molecule has 1 fully saturated rings. The van der Waals surface area contributed by atoms with E-state index < -0.39 is 15.8 Å². The molecule has 2 aromatic rings. The third-order valence-corrected chi connectivity index (χ3v) is 7.18. The van der Waals surface area contributed by atoms with Crippen molar-refractivity contribution in [3.05, 3.63) is 46.9 Å². The first-order valence-electron chi connectivity index (χ1n) is 8.82. The molecule has 2 heterocycles. The Kier molecular flexibility index (Phi) is 4.40. The summed E-state index contributed by atoms with van der Waals surface area (Å²) in [5.41, 5.74) is 2.88. The number of aryl methyl sites for hydroxylation is 3. The molecule has 4 rings (SSSR count). The largest absolute Gasteiger partial charge is 0.352 e. The summed E-state index contributed by atoms with van der Waals surface area (Å²) >= 11 is 0. The number of fused-ring (bicyclic) bond motifs is 1. The first-order chi connectivity index (χ1) is 12.4. The molecule has 1 aromatic heterocycles. The molecule has 138 valence electrons. The quantitative estimate of drug-likeness (QED) is 0.819. The van der Waals surface area contributed by atoms with Gasteiger partial charge in [0.15, 0.2) is 5.82 Å². The number of nitrogens with zero attached hydrogens (tertiary/aromatic N) is 4. The van der Waals surface area contributed by atoms with Gasteiger partial charge in [-0.15, -0.1) is 5.10 Å². The van der Waals surface area contributed by atoms with Gasteiger partial charge in [-0.25, -0.2) is 12.8 Å². The van der Waals surface area contributed by atoms with Crippen LogP contribution in [0.4, 0.5) is 10.2 Å². The minimum absolute atomic E-state index is 0.0447. The maximum atomic E-state index is 13.5. The molecule has 0 spiro atoms. The molecule has 0 saturated carbocycles. The van der Waals surface area contributed by atoms with Crippen LogP contribution < -0.4 is 4.90 Å². The van der Waals surface area contributed by atoms with Crippen molar-refractivity contribution >= 4 is 15.8 Å². The van der Waals surface area contributed by atoms with E-state index in [1.807, 2.05) is 0 Å². The van der Waals surface area contributed by atoms with E-state index in [0.29, 0.717) is 31.7 Å². The molecule has 0 unspecified atom stereocenters. The first kappa shape index (κ1) is 17.4. The monoisotopic (exact) mass is 376 g/mol. The molecule has 0 atom stereocenters. The molecule has 26 heavy (non-hydrogen) atoms. The number of hydrogen-bond acceptors (Lipinski definition) is 5. The molecule has 1 aromatic carbocycles. The van der Waals surface area contributed by atoms with Crippen molar-refractivity contribution in [3.63, 3.8) is 0 Å². The number of piperazine rings is 1. The molecular formula is C18H21FN4O2S. The van der Waals surface area contributed by atoms with Gasteiger partial charge in [0.1, 0.15) is 5.82 Å². The molecular weight excluding hydrogens is 355 g/mol. The highest BCUT2D eigenvalue weighted by molar-refractivity contribution is 7.89. The van der Waals surface area contributed by atoms with Gasteiger partial charge in [-0.1, -0.05) is 6.07 Å². The number of benzene rings is 1. The number of hydrogen-bond donors (Lipinski definition) is 0. The maximum Gasteiger partial charge on any atom is 0.243 e. The molecule has 1 aliphatic carbocycles. The topological polar surface area (TPSA) is 66.4 Å². The zero-order chi connectivity index (χ0) is 18.3. The van der Waals surface area contributed by atoms with Gasteiger partial charge in [0, 0.05) is 26.2 Å². The van der Waals surface area contributed by atoms with E-state index in [0.717, 1.165) is 36.8 Å². The average molecular weight is 376 g/mol. The number of sulfonamides is 1. The van der Waals surface area contributed by atoms with E-state index in [-0.39, 0.29) is 4.90 Å². The Hall–Kier alpha value is -2.06. The van der Waals surface area contributed by atoms with Gasteiger partial charge in [0.25, 0.3) is 0 Å². The molecule has 0 bridgehead atoms. The highest BCUT2D eigenvalue weighted by atomic mass is 32.2. The van der Waals surface area contributed by atoms with E-state index in [1.165, 1.54) is 22.0 Å². The molecule has 1 aliphatic heterocycles. The summed E-state index contributed by atoms with van der Waals surface area (Å²) in [6.07, 6.45) is 3.14. The highest BCUT2D eigenvalue weighted by Crippen LogP contribution is 2.25. The second-order valence-electron chi connectivity index (χ2n) is 6.83. The summed E-state index contributed by atoms with van der Waals surface area (Å²) in [7, 11) is -3.70. The number of aromatic nitrogens is 2. The molecule has 6 nitrogen and oxygen atoms in total. The Morgan fingerprint density at radius 1 is 1.04 bits per heavy atom. The van der Waals surface area contributed by atoms with Crippen molar-refractivity contribution in [2.75, 3.05) is 31.1 Å². The van der Waals surface area contributed by atoms with Gasteiger partial charge in [-0.3, -0.25) is 0 Å².